The van der Waals surface area contributed by atoms with Crippen LogP contribution in [-0.4, -0.2) is 34.4 Å². The Morgan fingerprint density at radius 1 is 1.15 bits per heavy atom. The second-order valence-electron chi connectivity index (χ2n) is 11.0. The summed E-state index contributed by atoms with van der Waals surface area (Å²) in [5, 5.41) is 5.69. The van der Waals surface area contributed by atoms with E-state index in [2.05, 4.69) is 10.4 Å². The molecule has 1 saturated heterocycles. The number of carbonyl (C=O) groups excluding carboxylic acids is 1. The fraction of sp³-hybridized carbons (Fsp3) is 0.281. The Balaban J connectivity index is 1.40. The zero-order valence-electron chi connectivity index (χ0n) is 26.9. The molecule has 47 heavy (non-hydrogen) atoms. The maximum absolute atomic E-state index is 16.9. The maximum atomic E-state index is 16.9. The summed E-state index contributed by atoms with van der Waals surface area (Å²) in [7, 11) is 0. The lowest BCUT2D eigenvalue weighted by Crippen LogP contribution is -2.48. The summed E-state index contributed by atoms with van der Waals surface area (Å²) in [5.74, 6) is -6.21. The molecule has 244 valence electrons. The summed E-state index contributed by atoms with van der Waals surface area (Å²) in [5.41, 5.74) is 1.61. The number of amides is 1. The molecule has 9 nitrogen and oxygen atoms in total. The lowest BCUT2D eigenvalue weighted by Gasteiger charge is -2.35. The number of hydrogen-bond acceptors (Lipinski definition) is 7. The van der Waals surface area contributed by atoms with Crippen LogP contribution in [0.4, 0.5) is 22.0 Å². The van der Waals surface area contributed by atoms with Gasteiger partial charge < -0.3 is 25.3 Å². The van der Waals surface area contributed by atoms with E-state index in [1.54, 1.807) is 30.3 Å². The molecule has 0 radical (unpaired) electrons. The smallest absolute Gasteiger partial charge is 0.390 e. The number of hydrogen-bond donors (Lipinski definition) is 2. The highest BCUT2D eigenvalue weighted by atomic mass is 35.5. The number of rotatable bonds is 6. The molecule has 3 aliphatic rings. The number of halogens is 6. The van der Waals surface area contributed by atoms with E-state index in [-0.39, 0.29) is 36.3 Å². The van der Waals surface area contributed by atoms with Crippen LogP contribution in [0.25, 0.3) is 11.1 Å². The van der Waals surface area contributed by atoms with Gasteiger partial charge in [-0.1, -0.05) is 41.9 Å². The molecule has 3 N–H and O–H groups in total. The number of nitrogens with zero attached hydrogens (tertiary/aromatic N) is 2. The van der Waals surface area contributed by atoms with E-state index in [1.807, 2.05) is 0 Å². The van der Waals surface area contributed by atoms with Crippen LogP contribution in [0.3, 0.4) is 0 Å². The molecular weight excluding hydrogens is 651 g/mol. The fourth-order valence-corrected chi connectivity index (χ4v) is 6.29. The third kappa shape index (κ3) is 5.15. The van der Waals surface area contributed by atoms with Crippen LogP contribution in [-0.2, 0) is 18.6 Å². The lowest BCUT2D eigenvalue weighted by molar-refractivity contribution is -0.137. The van der Waals surface area contributed by atoms with Crippen molar-refractivity contribution in [2.24, 2.45) is 5.73 Å². The highest BCUT2D eigenvalue weighted by Gasteiger charge is 2.50. The third-order valence-electron chi connectivity index (χ3n) is 8.16. The van der Waals surface area contributed by atoms with E-state index in [0.29, 0.717) is 10.2 Å². The zero-order valence-corrected chi connectivity index (χ0v) is 24.7. The number of nitrogens with two attached hydrogens (primary N) is 1. The van der Waals surface area contributed by atoms with Crippen LogP contribution in [0.2, 0.25) is 5.02 Å². The molecule has 0 bridgehead atoms. The van der Waals surface area contributed by atoms with Crippen molar-refractivity contribution in [2.45, 2.75) is 50.0 Å². The highest BCUT2D eigenvalue weighted by Crippen LogP contribution is 2.55. The highest BCUT2D eigenvalue weighted by molar-refractivity contribution is 6.34. The van der Waals surface area contributed by atoms with E-state index < -0.39 is 99.3 Å². The minimum absolute atomic E-state index is 0.0401. The second-order valence-corrected chi connectivity index (χ2v) is 11.4. The molecule has 3 aromatic carbocycles. The molecular formula is C32H24ClF5N4O5. The third-order valence-corrected chi connectivity index (χ3v) is 8.53. The maximum Gasteiger partial charge on any atom is 0.390 e. The van der Waals surface area contributed by atoms with Crippen molar-refractivity contribution < 1.29 is 45.1 Å². The van der Waals surface area contributed by atoms with Gasteiger partial charge in [-0.15, -0.1) is 0 Å². The number of carbonyl (C=O) groups is 1. The lowest BCUT2D eigenvalue weighted by atomic mass is 9.80. The van der Waals surface area contributed by atoms with Crippen molar-refractivity contribution in [1.82, 2.24) is 15.1 Å². The van der Waals surface area contributed by atoms with E-state index in [1.165, 1.54) is 0 Å². The number of nitrogens with one attached hydrogen (secondary N) is 1. The van der Waals surface area contributed by atoms with Gasteiger partial charge in [0.15, 0.2) is 22.9 Å². The molecule has 4 aromatic rings. The zero-order chi connectivity index (χ0) is 36.0. The fourth-order valence-electron chi connectivity index (χ4n) is 6.03. The minimum Gasteiger partial charge on any atom is -0.480 e. The van der Waals surface area contributed by atoms with Gasteiger partial charge in [0.05, 0.1) is 37.1 Å². The van der Waals surface area contributed by atoms with Crippen molar-refractivity contribution in [2.75, 3.05) is 6.50 Å². The minimum atomic E-state index is -4.61. The summed E-state index contributed by atoms with van der Waals surface area (Å²) in [6.45, 7) is -2.84. The van der Waals surface area contributed by atoms with Gasteiger partial charge in [0.25, 0.3) is 0 Å². The Kier molecular flexibility index (Phi) is 6.55. The Morgan fingerprint density at radius 3 is 2.60 bits per heavy atom. The van der Waals surface area contributed by atoms with Crippen molar-refractivity contribution in [3.63, 3.8) is 0 Å². The van der Waals surface area contributed by atoms with Crippen LogP contribution in [0.1, 0.15) is 44.9 Å². The van der Waals surface area contributed by atoms with Crippen molar-refractivity contribution in [1.29, 1.82) is 0 Å². The number of primary amides is 1. The predicted molar refractivity (Wildman–Crippen MR) is 158 cm³/mol. The molecule has 1 amide bonds. The number of ether oxygens (including phenoxy) is 3. The summed E-state index contributed by atoms with van der Waals surface area (Å²) in [6.07, 6.45) is -5.53. The van der Waals surface area contributed by atoms with Crippen molar-refractivity contribution >= 4 is 17.5 Å². The van der Waals surface area contributed by atoms with Crippen molar-refractivity contribution in [3.8, 4) is 39.9 Å². The molecule has 3 aliphatic heterocycles. The Bertz CT molecular complexity index is 2160. The average Bonchev–Trinajstić information content (AvgIpc) is 3.59. The topological polar surface area (TPSA) is 118 Å². The molecule has 15 heteroatoms. The van der Waals surface area contributed by atoms with Gasteiger partial charge in [-0.25, -0.2) is 13.5 Å². The molecule has 0 aliphatic carbocycles. The molecule has 1 fully saturated rings. The van der Waals surface area contributed by atoms with Gasteiger partial charge in [0, 0.05) is 31.9 Å². The molecule has 4 heterocycles. The summed E-state index contributed by atoms with van der Waals surface area (Å²) < 4.78 is 115. The van der Waals surface area contributed by atoms with Crippen LogP contribution in [0, 0.1) is 11.6 Å². The molecule has 0 saturated carbocycles. The van der Waals surface area contributed by atoms with Gasteiger partial charge in [0.1, 0.15) is 11.6 Å². The van der Waals surface area contributed by atoms with Gasteiger partial charge >= 0.3 is 11.7 Å². The van der Waals surface area contributed by atoms with Gasteiger partial charge in [0.2, 0.25) is 17.4 Å². The number of aryl methyl sites for hydroxylation is 1. The first-order chi connectivity index (χ1) is 23.4. The Labute approximate surface area is 272 Å². The quantitative estimate of drug-likeness (QED) is 0.201. The van der Waals surface area contributed by atoms with Crippen LogP contribution in [0.15, 0.2) is 53.5 Å². The van der Waals surface area contributed by atoms with E-state index in [0.717, 1.165) is 18.3 Å². The number of fused-ring (bicyclic) bond motifs is 3. The number of alkyl halides is 3. The van der Waals surface area contributed by atoms with E-state index in [4.69, 9.17) is 34.3 Å². The van der Waals surface area contributed by atoms with Crippen molar-refractivity contribution in [3.05, 3.63) is 92.4 Å². The van der Waals surface area contributed by atoms with Crippen LogP contribution >= 0.6 is 11.6 Å². The predicted octanol–water partition coefficient (Wildman–Crippen LogP) is 6.37. The first-order valence-corrected chi connectivity index (χ1v) is 14.6. The molecule has 0 spiro atoms. The van der Waals surface area contributed by atoms with Gasteiger partial charge in [-0.3, -0.25) is 9.59 Å². The SMILES string of the molecule is [2H]C1([2H])CCC([2H])([C@@]2(c3ccccc3)Cc3c(cc(F)c(Cl)c3-c3c(C(N)=O)cc4c(c3F)Oc3c(cnn(CCC(F)(F)F)c3=O)O4)O2)N1. The standard InChI is InChI=1S/C32H24ClF5N4O5/c33-25-18(34)12-19-17(13-31(47-19,22-7-4-9-40-22)15-5-2-1-3-6-15)23(25)24-16(29(39)43)11-20-27(26(24)35)46-28-21(45-20)14-41-42(30(28)44)10-8-32(36,37)38/h1-3,5-6,11-12,14,22,40H,4,7-10,13H2,(H2,39,43)/t22?,31-/m0/s1/i9D2,22D. The summed E-state index contributed by atoms with van der Waals surface area (Å²) >= 11 is 6.52. The number of benzene rings is 3. The number of aromatic nitrogens is 2. The molecule has 1 unspecified atom stereocenters. The van der Waals surface area contributed by atoms with Gasteiger partial charge in [-0.2, -0.15) is 18.3 Å². The first kappa shape index (κ1) is 27.4. The second kappa shape index (κ2) is 11.2. The molecule has 7 rings (SSSR count). The van der Waals surface area contributed by atoms with E-state index >= 15 is 8.78 Å². The summed E-state index contributed by atoms with van der Waals surface area (Å²) in [4.78, 5) is 25.9. The Hall–Kier alpha value is -4.69. The first-order valence-electron chi connectivity index (χ1n) is 15.7. The van der Waals surface area contributed by atoms with E-state index in [9.17, 15) is 24.1 Å². The monoisotopic (exact) mass is 677 g/mol. The summed E-state index contributed by atoms with van der Waals surface area (Å²) in [6, 6.07) is 8.39. The molecule has 2 atom stereocenters. The van der Waals surface area contributed by atoms with Crippen LogP contribution < -0.4 is 30.8 Å². The molecule has 1 aromatic heterocycles. The van der Waals surface area contributed by atoms with Gasteiger partial charge in [-0.05, 0) is 31.0 Å². The average molecular weight is 678 g/mol. The van der Waals surface area contributed by atoms with Crippen LogP contribution in [0.5, 0.6) is 28.7 Å². The largest absolute Gasteiger partial charge is 0.480 e. The Morgan fingerprint density at radius 2 is 1.91 bits per heavy atom. The normalized spacial score (nSPS) is 23.2.